The van der Waals surface area contributed by atoms with Crippen LogP contribution in [0.2, 0.25) is 0 Å². The molecule has 2 bridgehead atoms. The van der Waals surface area contributed by atoms with Crippen molar-refractivity contribution >= 4 is 27.5 Å². The van der Waals surface area contributed by atoms with E-state index in [1.807, 2.05) is 26.0 Å². The van der Waals surface area contributed by atoms with E-state index in [2.05, 4.69) is 58.5 Å². The molecule has 5 atom stereocenters. The number of phenols is 1. The summed E-state index contributed by atoms with van der Waals surface area (Å²) in [6, 6.07) is 15.8. The van der Waals surface area contributed by atoms with E-state index in [1.54, 1.807) is 31.5 Å². The van der Waals surface area contributed by atoms with Gasteiger partial charge in [-0.05, 0) is 84.7 Å². The largest absolute Gasteiger partial charge is 0.508 e. The van der Waals surface area contributed by atoms with E-state index < -0.39 is 0 Å². The van der Waals surface area contributed by atoms with Crippen molar-refractivity contribution in [1.29, 1.82) is 0 Å². The van der Waals surface area contributed by atoms with Gasteiger partial charge in [0.2, 0.25) is 0 Å². The van der Waals surface area contributed by atoms with Crippen molar-refractivity contribution < 1.29 is 23.7 Å². The highest BCUT2D eigenvalue weighted by molar-refractivity contribution is 6.04. The summed E-state index contributed by atoms with van der Waals surface area (Å²) in [5.74, 6) is 1.29. The van der Waals surface area contributed by atoms with Gasteiger partial charge in [0.15, 0.2) is 5.75 Å². The van der Waals surface area contributed by atoms with Crippen LogP contribution in [0.5, 0.6) is 17.5 Å². The SMILES string of the molecule is CCc1c(F)ccc2cc(O)cc(-c3ncc4c(N5CC6CCC(C5)N6)nc(OC[C@H](C)OC)nc4c3OCc3ccc(C4CN(C(C)C(C)C)N=N4)cc3)c12. The topological polar surface area (TPSA) is 130 Å². The molecular weight excluding hydrogens is 712 g/mol. The summed E-state index contributed by atoms with van der Waals surface area (Å²) in [5.41, 5.74) is 4.04. The van der Waals surface area contributed by atoms with Crippen LogP contribution in [0.25, 0.3) is 32.9 Å². The highest BCUT2D eigenvalue weighted by atomic mass is 19.1. The smallest absolute Gasteiger partial charge is 0.319 e. The first-order valence-electron chi connectivity index (χ1n) is 19.8. The fourth-order valence-electron chi connectivity index (χ4n) is 8.06. The molecule has 0 aliphatic carbocycles. The van der Waals surface area contributed by atoms with Gasteiger partial charge in [-0.25, -0.2) is 4.39 Å². The Bertz CT molecular complexity index is 2240. The lowest BCUT2D eigenvalue weighted by atomic mass is 9.94. The number of nitrogens with zero attached hydrogens (tertiary/aromatic N) is 7. The summed E-state index contributed by atoms with van der Waals surface area (Å²) < 4.78 is 34.0. The number of piperazine rings is 1. The Morgan fingerprint density at radius 3 is 2.45 bits per heavy atom. The van der Waals surface area contributed by atoms with Gasteiger partial charge >= 0.3 is 6.01 Å². The molecule has 2 fully saturated rings. The van der Waals surface area contributed by atoms with Crippen LogP contribution in [0.3, 0.4) is 0 Å². The van der Waals surface area contributed by atoms with Gasteiger partial charge in [0.25, 0.3) is 0 Å². The first-order chi connectivity index (χ1) is 27.1. The van der Waals surface area contributed by atoms with Crippen LogP contribution in [-0.2, 0) is 17.8 Å². The quantitative estimate of drug-likeness (QED) is 0.122. The van der Waals surface area contributed by atoms with E-state index >= 15 is 4.39 Å². The van der Waals surface area contributed by atoms with Crippen LogP contribution in [0.15, 0.2) is 65.1 Å². The van der Waals surface area contributed by atoms with Crippen molar-refractivity contribution in [2.45, 2.75) is 90.8 Å². The second-order valence-electron chi connectivity index (χ2n) is 15.8. The number of aromatic nitrogens is 3. The van der Waals surface area contributed by atoms with Crippen LogP contribution in [0.4, 0.5) is 10.2 Å². The fraction of sp³-hybridized carbons (Fsp3) is 0.465. The number of rotatable bonds is 13. The third-order valence-electron chi connectivity index (χ3n) is 11.6. The van der Waals surface area contributed by atoms with Gasteiger partial charge in [-0.1, -0.05) is 56.3 Å². The van der Waals surface area contributed by atoms with Crippen molar-refractivity contribution in [3.8, 4) is 28.8 Å². The number of pyridine rings is 1. The Labute approximate surface area is 327 Å². The van der Waals surface area contributed by atoms with Crippen molar-refractivity contribution in [3.63, 3.8) is 0 Å². The Balaban J connectivity index is 1.23. The van der Waals surface area contributed by atoms with E-state index in [0.717, 1.165) is 43.6 Å². The third kappa shape index (κ3) is 7.41. The predicted molar refractivity (Wildman–Crippen MR) is 215 cm³/mol. The van der Waals surface area contributed by atoms with Gasteiger partial charge in [0.05, 0.1) is 18.0 Å². The monoisotopic (exact) mass is 762 g/mol. The minimum Gasteiger partial charge on any atom is -0.508 e. The Morgan fingerprint density at radius 1 is 0.964 bits per heavy atom. The number of methoxy groups -OCH3 is 1. The summed E-state index contributed by atoms with van der Waals surface area (Å²) in [7, 11) is 1.64. The molecule has 3 aliphatic heterocycles. The Hall–Kier alpha value is -5.14. The number of anilines is 1. The highest BCUT2D eigenvalue weighted by Gasteiger charge is 2.35. The molecule has 294 valence electrons. The van der Waals surface area contributed by atoms with Crippen LogP contribution < -0.4 is 19.7 Å². The summed E-state index contributed by atoms with van der Waals surface area (Å²) >= 11 is 0. The van der Waals surface area contributed by atoms with Gasteiger partial charge in [-0.15, -0.1) is 0 Å². The maximum atomic E-state index is 15.5. The number of benzene rings is 3. The Kier molecular flexibility index (Phi) is 10.6. The number of aromatic hydroxyl groups is 1. The molecule has 3 aliphatic rings. The average Bonchev–Trinajstić information content (AvgIpc) is 3.84. The molecule has 3 aromatic carbocycles. The first-order valence-corrected chi connectivity index (χ1v) is 19.8. The van der Waals surface area contributed by atoms with Crippen LogP contribution in [0, 0.1) is 11.7 Å². The maximum Gasteiger partial charge on any atom is 0.319 e. The minimum absolute atomic E-state index is 0.0345. The summed E-state index contributed by atoms with van der Waals surface area (Å²) in [5, 5.41) is 27.9. The molecule has 56 heavy (non-hydrogen) atoms. The molecule has 0 spiro atoms. The molecule has 5 aromatic rings. The van der Waals surface area contributed by atoms with Crippen LogP contribution in [-0.4, -0.2) is 82.6 Å². The molecule has 12 nitrogen and oxygen atoms in total. The van der Waals surface area contributed by atoms with E-state index in [1.165, 1.54) is 6.07 Å². The number of halogens is 1. The number of fused-ring (bicyclic) bond motifs is 4. The van der Waals surface area contributed by atoms with Gasteiger partial charge in [-0.2, -0.15) is 15.1 Å². The third-order valence-corrected chi connectivity index (χ3v) is 11.6. The number of phenolic OH excluding ortho intramolecular Hbond substituents is 1. The molecule has 0 saturated carbocycles. The normalized spacial score (nSPS) is 20.4. The average molecular weight is 763 g/mol. The lowest BCUT2D eigenvalue weighted by Gasteiger charge is -2.34. The molecule has 2 N–H and O–H groups in total. The van der Waals surface area contributed by atoms with E-state index in [0.29, 0.717) is 80.5 Å². The minimum atomic E-state index is -0.320. The van der Waals surface area contributed by atoms with E-state index in [4.69, 9.17) is 29.2 Å². The van der Waals surface area contributed by atoms with Gasteiger partial charge in [-0.3, -0.25) is 9.99 Å². The first kappa shape index (κ1) is 37.8. The summed E-state index contributed by atoms with van der Waals surface area (Å²) in [4.78, 5) is 17.3. The molecule has 5 heterocycles. The zero-order chi connectivity index (χ0) is 39.1. The Morgan fingerprint density at radius 2 is 1.73 bits per heavy atom. The van der Waals surface area contributed by atoms with Gasteiger partial charge < -0.3 is 29.5 Å². The molecule has 8 rings (SSSR count). The van der Waals surface area contributed by atoms with Gasteiger partial charge in [0.1, 0.15) is 47.9 Å². The maximum absolute atomic E-state index is 15.5. The predicted octanol–water partition coefficient (Wildman–Crippen LogP) is 7.95. The second-order valence-corrected chi connectivity index (χ2v) is 15.8. The van der Waals surface area contributed by atoms with Crippen molar-refractivity contribution in [2.75, 3.05) is 38.3 Å². The zero-order valence-corrected chi connectivity index (χ0v) is 33.0. The fourth-order valence-corrected chi connectivity index (χ4v) is 8.06. The molecule has 2 saturated heterocycles. The van der Waals surface area contributed by atoms with Crippen molar-refractivity contribution in [3.05, 3.63) is 77.2 Å². The number of hydrogen-bond donors (Lipinski definition) is 2. The number of aryl methyl sites for hydroxylation is 1. The molecule has 4 unspecified atom stereocenters. The lowest BCUT2D eigenvalue weighted by molar-refractivity contribution is 0.0682. The van der Waals surface area contributed by atoms with Crippen molar-refractivity contribution in [2.24, 2.45) is 16.3 Å². The standard InChI is InChI=1S/C43H51FN8O4/c1-7-33-36(44)15-12-29-16-32(53)17-34(38(29)33)39-41(55-23-27-8-10-28(11-9-27)37-21-52(50-49-37)26(5)24(2)3)40-35(18-45-39)42(48-43(47-40)56-22-25(4)54-6)51-19-30-13-14-31(20-51)46-30/h8-12,15-18,24-26,30-31,37,46,53H,7,13-14,19-23H2,1-6H3/t25-,26?,30?,31?,37?/m0/s1. The number of ether oxygens (including phenoxy) is 3. The summed E-state index contributed by atoms with van der Waals surface area (Å²) in [6.07, 6.45) is 4.24. The molecule has 0 amide bonds. The summed E-state index contributed by atoms with van der Waals surface area (Å²) in [6.45, 7) is 13.2. The molecule has 13 heteroatoms. The van der Waals surface area contributed by atoms with Crippen LogP contribution in [0.1, 0.15) is 70.2 Å². The van der Waals surface area contributed by atoms with Gasteiger partial charge in [0, 0.05) is 50.1 Å². The van der Waals surface area contributed by atoms with E-state index in [-0.39, 0.29) is 42.9 Å². The second kappa shape index (κ2) is 15.8. The van der Waals surface area contributed by atoms with Crippen molar-refractivity contribution in [1.82, 2.24) is 25.3 Å². The highest BCUT2D eigenvalue weighted by Crippen LogP contribution is 2.44. The molecule has 2 aromatic heterocycles. The zero-order valence-electron chi connectivity index (χ0n) is 33.0. The number of hydrogen-bond acceptors (Lipinski definition) is 12. The van der Waals surface area contributed by atoms with Crippen LogP contribution >= 0.6 is 0 Å². The number of nitrogens with one attached hydrogen (secondary N) is 1. The lowest BCUT2D eigenvalue weighted by Crippen LogP contribution is -2.51. The molecule has 0 radical (unpaired) electrons. The van der Waals surface area contributed by atoms with E-state index in [9.17, 15) is 5.11 Å². The molecular formula is C43H51FN8O4.